The number of ether oxygens (including phenoxy) is 2. The van der Waals surface area contributed by atoms with Crippen LogP contribution in [0, 0.1) is 6.92 Å². The summed E-state index contributed by atoms with van der Waals surface area (Å²) >= 11 is 6.36. The molecule has 3 rings (SSSR count). The van der Waals surface area contributed by atoms with Crippen molar-refractivity contribution in [1.29, 1.82) is 0 Å². The number of rotatable bonds is 10. The fraction of sp³-hybridized carbons (Fsp3) is 0.571. The van der Waals surface area contributed by atoms with Gasteiger partial charge in [0.25, 0.3) is 0 Å². The zero-order valence-electron chi connectivity index (χ0n) is 16.2. The van der Waals surface area contributed by atoms with Gasteiger partial charge in [0.2, 0.25) is 0 Å². The third-order valence-corrected chi connectivity index (χ3v) is 5.00. The summed E-state index contributed by atoms with van der Waals surface area (Å²) in [5, 5.41) is 7.92. The first kappa shape index (κ1) is 20.2. The van der Waals surface area contributed by atoms with Crippen LogP contribution in [0.4, 0.5) is 0 Å². The molecule has 148 valence electrons. The summed E-state index contributed by atoms with van der Waals surface area (Å²) in [4.78, 5) is 0. The van der Waals surface area contributed by atoms with Crippen LogP contribution in [-0.4, -0.2) is 24.4 Å². The van der Waals surface area contributed by atoms with E-state index in [9.17, 15) is 0 Å². The predicted octanol–water partition coefficient (Wildman–Crippen LogP) is 5.22. The molecular formula is C21H29ClN2O3. The van der Waals surface area contributed by atoms with Crippen molar-refractivity contribution >= 4 is 11.6 Å². The maximum absolute atomic E-state index is 6.36. The molecule has 1 unspecified atom stereocenters. The van der Waals surface area contributed by atoms with Crippen molar-refractivity contribution in [2.75, 3.05) is 13.2 Å². The number of hydrogen-bond donors (Lipinski definition) is 1. The minimum Gasteiger partial charge on any atom is -0.492 e. The molecule has 6 heteroatoms. The molecule has 1 N–H and O–H groups in total. The highest BCUT2D eigenvalue weighted by Gasteiger charge is 2.22. The van der Waals surface area contributed by atoms with Gasteiger partial charge in [-0.05, 0) is 44.4 Å². The number of nitrogens with zero attached hydrogens (tertiary/aromatic N) is 1. The summed E-state index contributed by atoms with van der Waals surface area (Å²) in [7, 11) is 0. The minimum atomic E-state index is -0.0765. The Hall–Kier alpha value is -1.56. The summed E-state index contributed by atoms with van der Waals surface area (Å²) in [6, 6.07) is 8.26. The Labute approximate surface area is 166 Å². The lowest BCUT2D eigenvalue weighted by molar-refractivity contribution is 0.101. The number of halogens is 1. The average molecular weight is 393 g/mol. The van der Waals surface area contributed by atoms with E-state index in [-0.39, 0.29) is 6.23 Å². The Kier molecular flexibility index (Phi) is 7.56. The van der Waals surface area contributed by atoms with Gasteiger partial charge >= 0.3 is 0 Å². The van der Waals surface area contributed by atoms with Crippen molar-refractivity contribution in [3.63, 3.8) is 0 Å². The number of benzene rings is 1. The first-order valence-corrected chi connectivity index (χ1v) is 10.2. The van der Waals surface area contributed by atoms with Crippen LogP contribution in [0.3, 0.4) is 0 Å². The maximum atomic E-state index is 6.36. The van der Waals surface area contributed by atoms with Gasteiger partial charge in [0, 0.05) is 18.5 Å². The first-order valence-electron chi connectivity index (χ1n) is 9.84. The molecule has 1 saturated heterocycles. The molecule has 0 bridgehead atoms. The van der Waals surface area contributed by atoms with E-state index in [1.807, 2.05) is 31.2 Å². The van der Waals surface area contributed by atoms with Gasteiger partial charge in [0.1, 0.15) is 17.7 Å². The predicted molar refractivity (Wildman–Crippen MR) is 106 cm³/mol. The van der Waals surface area contributed by atoms with Crippen LogP contribution in [0.5, 0.6) is 5.75 Å². The fourth-order valence-corrected chi connectivity index (χ4v) is 3.48. The van der Waals surface area contributed by atoms with E-state index in [2.05, 4.69) is 17.4 Å². The average Bonchev–Trinajstić information content (AvgIpc) is 3.26. The largest absolute Gasteiger partial charge is 0.492 e. The molecule has 27 heavy (non-hydrogen) atoms. The fourth-order valence-electron chi connectivity index (χ4n) is 3.23. The van der Waals surface area contributed by atoms with Crippen LogP contribution >= 0.6 is 11.6 Å². The molecule has 0 amide bonds. The molecule has 0 aliphatic carbocycles. The summed E-state index contributed by atoms with van der Waals surface area (Å²) in [5.74, 6) is 1.73. The van der Waals surface area contributed by atoms with E-state index >= 15 is 0 Å². The summed E-state index contributed by atoms with van der Waals surface area (Å²) in [6.07, 6.45) is 6.62. The summed E-state index contributed by atoms with van der Waals surface area (Å²) < 4.78 is 16.8. The first-order chi connectivity index (χ1) is 13.1. The normalized spacial score (nSPS) is 19.5. The van der Waals surface area contributed by atoms with Gasteiger partial charge in [-0.15, -0.1) is 0 Å². The van der Waals surface area contributed by atoms with Gasteiger partial charge in [-0.3, -0.25) is 5.32 Å². The molecule has 1 aliphatic heterocycles. The van der Waals surface area contributed by atoms with Gasteiger partial charge in [-0.1, -0.05) is 42.1 Å². The Balaban J connectivity index is 1.29. The molecular weight excluding hydrogens is 364 g/mol. The van der Waals surface area contributed by atoms with E-state index in [1.54, 1.807) is 0 Å². The van der Waals surface area contributed by atoms with Crippen LogP contribution in [0.25, 0.3) is 0 Å². The number of nitrogens with one attached hydrogen (secondary N) is 1. The number of unbranched alkanes of at least 4 members (excludes halogenated alkanes) is 4. The monoisotopic (exact) mass is 392 g/mol. The maximum Gasteiger partial charge on any atom is 0.137 e. The van der Waals surface area contributed by atoms with Crippen LogP contribution in [0.15, 0.2) is 28.8 Å². The summed E-state index contributed by atoms with van der Waals surface area (Å²) in [5.41, 5.74) is 1.99. The molecule has 1 fully saturated rings. The molecule has 5 nitrogen and oxygen atoms in total. The minimum absolute atomic E-state index is 0.0765. The zero-order chi connectivity index (χ0) is 19.1. The van der Waals surface area contributed by atoms with Crippen molar-refractivity contribution in [2.45, 2.75) is 64.6 Å². The Morgan fingerprint density at radius 1 is 1.19 bits per heavy atom. The molecule has 2 atom stereocenters. The highest BCUT2D eigenvalue weighted by molar-refractivity contribution is 6.32. The quantitative estimate of drug-likeness (QED) is 0.562. The van der Waals surface area contributed by atoms with E-state index in [0.29, 0.717) is 17.7 Å². The van der Waals surface area contributed by atoms with Crippen molar-refractivity contribution in [1.82, 2.24) is 10.5 Å². The second kappa shape index (κ2) is 10.1. The highest BCUT2D eigenvalue weighted by atomic mass is 35.5. The standard InChI is InChI=1S/C21H29ClN2O3/c1-15-12-18(27-24-15)8-6-4-3-5-7-11-25-20-10-9-17(13-19(20)22)21-23-16(2)14-26-21/h9-10,12-13,16,21,23H,3-8,11,14H2,1-2H3/t16-,21?/m0/s1. The number of aryl methyl sites for hydroxylation is 2. The van der Waals surface area contributed by atoms with E-state index in [4.69, 9.17) is 25.6 Å². The second-order valence-electron chi connectivity index (χ2n) is 7.27. The molecule has 0 spiro atoms. The SMILES string of the molecule is Cc1cc(CCCCCCCOc2ccc(C3N[C@@H](C)CO3)cc2Cl)on1. The molecule has 0 radical (unpaired) electrons. The molecule has 2 heterocycles. The topological polar surface area (TPSA) is 56.5 Å². The lowest BCUT2D eigenvalue weighted by Crippen LogP contribution is -2.22. The number of aromatic nitrogens is 1. The lowest BCUT2D eigenvalue weighted by Gasteiger charge is -2.14. The second-order valence-corrected chi connectivity index (χ2v) is 7.68. The molecule has 1 aromatic heterocycles. The van der Waals surface area contributed by atoms with E-state index < -0.39 is 0 Å². The van der Waals surface area contributed by atoms with Crippen LogP contribution < -0.4 is 10.1 Å². The Morgan fingerprint density at radius 2 is 2.00 bits per heavy atom. The third kappa shape index (κ3) is 6.23. The zero-order valence-corrected chi connectivity index (χ0v) is 16.9. The van der Waals surface area contributed by atoms with E-state index in [1.165, 1.54) is 12.8 Å². The third-order valence-electron chi connectivity index (χ3n) is 4.71. The molecule has 1 aliphatic rings. The Morgan fingerprint density at radius 3 is 2.70 bits per heavy atom. The molecule has 2 aromatic rings. The van der Waals surface area contributed by atoms with Gasteiger partial charge in [-0.25, -0.2) is 0 Å². The van der Waals surface area contributed by atoms with Crippen molar-refractivity contribution in [3.8, 4) is 5.75 Å². The molecule has 0 saturated carbocycles. The molecule has 1 aromatic carbocycles. The van der Waals surface area contributed by atoms with Gasteiger partial charge in [0.05, 0.1) is 23.9 Å². The van der Waals surface area contributed by atoms with Gasteiger partial charge in [0.15, 0.2) is 0 Å². The number of hydrogen-bond acceptors (Lipinski definition) is 5. The van der Waals surface area contributed by atoms with Crippen LogP contribution in [0.2, 0.25) is 5.02 Å². The van der Waals surface area contributed by atoms with Gasteiger partial charge < -0.3 is 14.0 Å². The Bertz CT molecular complexity index is 719. The van der Waals surface area contributed by atoms with Crippen LogP contribution in [0.1, 0.15) is 62.3 Å². The summed E-state index contributed by atoms with van der Waals surface area (Å²) in [6.45, 7) is 5.47. The van der Waals surface area contributed by atoms with Crippen LogP contribution in [-0.2, 0) is 11.2 Å². The van der Waals surface area contributed by atoms with Crippen molar-refractivity contribution in [3.05, 3.63) is 46.3 Å². The highest BCUT2D eigenvalue weighted by Crippen LogP contribution is 2.30. The van der Waals surface area contributed by atoms with Gasteiger partial charge in [-0.2, -0.15) is 0 Å². The van der Waals surface area contributed by atoms with Crippen molar-refractivity contribution < 1.29 is 14.0 Å². The smallest absolute Gasteiger partial charge is 0.137 e. The van der Waals surface area contributed by atoms with Crippen molar-refractivity contribution in [2.24, 2.45) is 0 Å². The van der Waals surface area contributed by atoms with E-state index in [0.717, 1.165) is 55.1 Å². The lowest BCUT2D eigenvalue weighted by atomic mass is 10.1.